The Kier molecular flexibility index (Phi) is 8.36. The van der Waals surface area contributed by atoms with Gasteiger partial charge in [-0.25, -0.2) is 0 Å². The summed E-state index contributed by atoms with van der Waals surface area (Å²) in [5.74, 6) is 0. The molecule has 0 saturated carbocycles. The number of hydrogen-bond donors (Lipinski definition) is 0. The molecule has 0 aromatic carbocycles. The van der Waals surface area contributed by atoms with E-state index >= 15 is 0 Å². The van der Waals surface area contributed by atoms with E-state index in [1.54, 1.807) is 0 Å². The summed E-state index contributed by atoms with van der Waals surface area (Å²) in [6.45, 7) is 6.83. The Morgan fingerprint density at radius 2 is 1.64 bits per heavy atom. The summed E-state index contributed by atoms with van der Waals surface area (Å²) < 4.78 is 17.6. The molecular formula is C6H15O2PTe2. The van der Waals surface area contributed by atoms with Crippen LogP contribution >= 0.6 is 2.75 Å². The van der Waals surface area contributed by atoms with Crippen LogP contribution in [0.3, 0.4) is 0 Å². The van der Waals surface area contributed by atoms with Gasteiger partial charge in [0, 0.05) is 0 Å². The van der Waals surface area contributed by atoms with Gasteiger partial charge in [0.2, 0.25) is 0 Å². The fourth-order valence-electron chi connectivity index (χ4n) is 0.586. The van der Waals surface area contributed by atoms with Gasteiger partial charge in [-0.15, -0.1) is 0 Å². The summed E-state index contributed by atoms with van der Waals surface area (Å²) in [5, 5.41) is 0. The second-order valence-corrected chi connectivity index (χ2v) is 26.0. The summed E-state index contributed by atoms with van der Waals surface area (Å²) in [6.07, 6.45) is 0. The minimum atomic E-state index is -1.96. The van der Waals surface area contributed by atoms with Crippen LogP contribution in [0, 0.1) is 0 Å². The molecule has 0 spiro atoms. The topological polar surface area (TPSA) is 26.3 Å². The second kappa shape index (κ2) is 7.20. The molecule has 0 aromatic rings. The molecule has 0 fully saturated rings. The van der Waals surface area contributed by atoms with Gasteiger partial charge < -0.3 is 0 Å². The molecule has 0 aliphatic heterocycles. The van der Waals surface area contributed by atoms with Crippen LogP contribution in [0.15, 0.2) is 0 Å². The number of hydrogen-bond acceptors (Lipinski definition) is 2. The van der Waals surface area contributed by atoms with Crippen LogP contribution in [0.5, 0.6) is 0 Å². The zero-order chi connectivity index (χ0) is 8.74. The van der Waals surface area contributed by atoms with Crippen molar-refractivity contribution in [3.8, 4) is 0 Å². The zero-order valence-corrected chi connectivity index (χ0v) is 12.8. The molecule has 2 nitrogen and oxygen atoms in total. The quantitative estimate of drug-likeness (QED) is 0.501. The predicted molar refractivity (Wildman–Crippen MR) is 51.7 cm³/mol. The van der Waals surface area contributed by atoms with Crippen molar-refractivity contribution >= 4 is 43.5 Å². The minimum absolute atomic E-state index is 0.315. The molecule has 0 amide bonds. The fourth-order valence-corrected chi connectivity index (χ4v) is 27.3. The molecule has 0 heterocycles. The summed E-state index contributed by atoms with van der Waals surface area (Å²) in [5.41, 5.74) is 0. The van der Waals surface area contributed by atoms with Gasteiger partial charge in [0.15, 0.2) is 0 Å². The Balaban J connectivity index is 3.91. The first kappa shape index (κ1) is 12.8. The molecule has 5 heteroatoms. The maximum atomic E-state index is 11.9. The van der Waals surface area contributed by atoms with Gasteiger partial charge in [0.05, 0.1) is 0 Å². The van der Waals surface area contributed by atoms with Gasteiger partial charge in [0.1, 0.15) is 0 Å². The van der Waals surface area contributed by atoms with Crippen LogP contribution < -0.4 is 0 Å². The first-order chi connectivity index (χ1) is 5.18. The Labute approximate surface area is 88.2 Å². The van der Waals surface area contributed by atoms with Gasteiger partial charge in [0.25, 0.3) is 0 Å². The van der Waals surface area contributed by atoms with E-state index in [4.69, 9.17) is 4.52 Å². The monoisotopic (exact) mass is 410 g/mol. The molecule has 0 aliphatic carbocycles. The van der Waals surface area contributed by atoms with Crippen molar-refractivity contribution in [3.63, 3.8) is 0 Å². The summed E-state index contributed by atoms with van der Waals surface area (Å²) in [7, 11) is 0. The summed E-state index contributed by atoms with van der Waals surface area (Å²) in [4.78, 5) is 0. The molecular weight excluding hydrogens is 390 g/mol. The number of rotatable bonds is 6. The standard InChI is InChI=1S/C6H15O2PTe2/c1-4-8-9(7,10-5-2)11-6-3/h4-6H2,1-3H3. The average Bonchev–Trinajstić information content (AvgIpc) is 1.88. The van der Waals surface area contributed by atoms with Crippen LogP contribution in [0.4, 0.5) is 0 Å². The van der Waals surface area contributed by atoms with Crippen molar-refractivity contribution in [3.05, 3.63) is 0 Å². The van der Waals surface area contributed by atoms with Crippen LogP contribution in [-0.4, -0.2) is 47.4 Å². The van der Waals surface area contributed by atoms with Crippen molar-refractivity contribution in [2.45, 2.75) is 29.7 Å². The van der Waals surface area contributed by atoms with Gasteiger partial charge in [-0.05, 0) is 0 Å². The van der Waals surface area contributed by atoms with Crippen molar-refractivity contribution < 1.29 is 9.09 Å². The molecule has 0 radical (unpaired) electrons. The predicted octanol–water partition coefficient (Wildman–Crippen LogP) is 2.42. The first-order valence-corrected chi connectivity index (χ1v) is 14.7. The van der Waals surface area contributed by atoms with Crippen molar-refractivity contribution in [2.75, 3.05) is 6.61 Å². The molecule has 0 aliphatic rings. The average molecular weight is 405 g/mol. The van der Waals surface area contributed by atoms with Gasteiger partial charge in [-0.3, -0.25) is 0 Å². The SMILES string of the molecule is CCOP(=O)([Te]CC)[Te]CC. The first-order valence-electron chi connectivity index (χ1n) is 3.72. The molecule has 68 valence electrons. The van der Waals surface area contributed by atoms with Crippen molar-refractivity contribution in [1.82, 2.24) is 0 Å². The maximum absolute atomic E-state index is 11.9. The Morgan fingerprint density at radius 3 is 1.91 bits per heavy atom. The van der Waals surface area contributed by atoms with Gasteiger partial charge in [-0.1, -0.05) is 0 Å². The van der Waals surface area contributed by atoms with Gasteiger partial charge in [-0.2, -0.15) is 0 Å². The molecule has 0 rings (SSSR count). The fraction of sp³-hybridized carbons (Fsp3) is 1.00. The van der Waals surface area contributed by atoms with E-state index in [1.807, 2.05) is 6.92 Å². The zero-order valence-electron chi connectivity index (χ0n) is 7.20. The van der Waals surface area contributed by atoms with E-state index in [9.17, 15) is 4.57 Å². The molecule has 0 aromatic heterocycles. The van der Waals surface area contributed by atoms with E-state index in [-0.39, 0.29) is 40.8 Å². The Morgan fingerprint density at radius 1 is 1.18 bits per heavy atom. The molecule has 11 heavy (non-hydrogen) atoms. The van der Waals surface area contributed by atoms with E-state index in [0.29, 0.717) is 6.61 Å². The molecule has 0 N–H and O–H groups in total. The van der Waals surface area contributed by atoms with Crippen LogP contribution in [0.1, 0.15) is 20.8 Å². The van der Waals surface area contributed by atoms with Crippen LogP contribution in [-0.2, 0) is 9.09 Å². The van der Waals surface area contributed by atoms with Crippen molar-refractivity contribution in [2.24, 2.45) is 0 Å². The summed E-state index contributed by atoms with van der Waals surface area (Å²) >= 11 is -0.630. The van der Waals surface area contributed by atoms with E-state index in [1.165, 1.54) is 0 Å². The van der Waals surface area contributed by atoms with Crippen molar-refractivity contribution in [1.29, 1.82) is 0 Å². The Bertz CT molecular complexity index is 117. The second-order valence-electron chi connectivity index (χ2n) is 1.70. The third kappa shape index (κ3) is 5.92. The van der Waals surface area contributed by atoms with E-state index in [2.05, 4.69) is 13.8 Å². The molecule has 0 saturated heterocycles. The molecule has 0 atom stereocenters. The summed E-state index contributed by atoms with van der Waals surface area (Å²) in [6, 6.07) is 0. The third-order valence-electron chi connectivity index (χ3n) is 0.862. The van der Waals surface area contributed by atoms with Crippen LogP contribution in [0.2, 0.25) is 8.94 Å². The Hall–Kier alpha value is 1.77. The normalized spacial score (nSPS) is 11.9. The van der Waals surface area contributed by atoms with Crippen LogP contribution in [0.25, 0.3) is 0 Å². The van der Waals surface area contributed by atoms with E-state index < -0.39 is 2.75 Å². The van der Waals surface area contributed by atoms with E-state index in [0.717, 1.165) is 8.94 Å². The van der Waals surface area contributed by atoms with Gasteiger partial charge >= 0.3 is 88.9 Å². The molecule has 0 bridgehead atoms. The third-order valence-corrected chi connectivity index (χ3v) is 26.3. The molecule has 0 unspecified atom stereocenters.